The number of H-pyrrole nitrogens is 1. The zero-order valence-electron chi connectivity index (χ0n) is 21.5. The van der Waals surface area contributed by atoms with Crippen LogP contribution < -0.4 is 0 Å². The molecule has 5 rings (SSSR count). The van der Waals surface area contributed by atoms with Gasteiger partial charge in [-0.15, -0.1) is 0 Å². The number of hydrogen-bond acceptors (Lipinski definition) is 2. The number of quaternary nitrogens is 1. The van der Waals surface area contributed by atoms with Crippen molar-refractivity contribution in [2.75, 3.05) is 32.7 Å². The first kappa shape index (κ1) is 24.3. The molecular weight excluding hydrogens is 444 g/mol. The Labute approximate surface area is 214 Å². The molecule has 186 valence electrons. The molecule has 3 aromatic carbocycles. The lowest BCUT2D eigenvalue weighted by Crippen LogP contribution is -2.62. The average Bonchev–Trinajstić information content (AvgIpc) is 3.45. The molecule has 1 N–H and O–H groups in total. The number of nitrogens with one attached hydrogen (secondary N) is 1. The Morgan fingerprint density at radius 2 is 1.83 bits per heavy atom. The minimum Gasteiger partial charge on any atom is -0.344 e. The molecule has 0 bridgehead atoms. The number of benzene rings is 3. The van der Waals surface area contributed by atoms with Crippen LogP contribution in [0.4, 0.5) is 0 Å². The van der Waals surface area contributed by atoms with E-state index in [9.17, 15) is 4.79 Å². The Balaban J connectivity index is 1.42. The van der Waals surface area contributed by atoms with E-state index in [4.69, 9.17) is 0 Å². The van der Waals surface area contributed by atoms with Gasteiger partial charge < -0.3 is 14.4 Å². The summed E-state index contributed by atoms with van der Waals surface area (Å²) in [5.41, 5.74) is 4.66. The van der Waals surface area contributed by atoms with Crippen molar-refractivity contribution in [3.63, 3.8) is 0 Å². The number of carbonyl (C=O) groups is 1. The van der Waals surface area contributed by atoms with Crippen LogP contribution in [0.3, 0.4) is 0 Å². The Bertz CT molecular complexity index is 1300. The average molecular weight is 482 g/mol. The van der Waals surface area contributed by atoms with Gasteiger partial charge in [-0.2, -0.15) is 0 Å². The van der Waals surface area contributed by atoms with E-state index in [1.807, 2.05) is 30.5 Å². The van der Waals surface area contributed by atoms with Gasteiger partial charge in [-0.05, 0) is 35.7 Å². The van der Waals surface area contributed by atoms with E-state index in [2.05, 4.69) is 71.2 Å². The number of hydrogen-bond donors (Lipinski definition) is 1. The zero-order valence-corrected chi connectivity index (χ0v) is 21.5. The van der Waals surface area contributed by atoms with Crippen LogP contribution in [-0.4, -0.2) is 58.0 Å². The second kappa shape index (κ2) is 10.7. The molecule has 5 heteroatoms. The maximum Gasteiger partial charge on any atom is 0.254 e. The number of aromatic amines is 1. The Morgan fingerprint density at radius 3 is 2.58 bits per heavy atom. The van der Waals surface area contributed by atoms with Gasteiger partial charge in [-0.25, -0.2) is 4.98 Å². The first-order valence-electron chi connectivity index (χ1n) is 13.3. The molecule has 0 radical (unpaired) electrons. The summed E-state index contributed by atoms with van der Waals surface area (Å²) in [4.78, 5) is 23.6. The summed E-state index contributed by atoms with van der Waals surface area (Å²) in [7, 11) is 0. The molecule has 1 aromatic heterocycles. The number of aromatic nitrogens is 2. The van der Waals surface area contributed by atoms with Gasteiger partial charge in [0.2, 0.25) is 0 Å². The molecule has 4 aromatic rings. The highest BCUT2D eigenvalue weighted by molar-refractivity contribution is 6.07. The molecule has 1 amide bonds. The molecule has 1 atom stereocenters. The van der Waals surface area contributed by atoms with Crippen LogP contribution in [0.1, 0.15) is 53.0 Å². The fourth-order valence-electron chi connectivity index (χ4n) is 5.92. The molecule has 0 aliphatic carbocycles. The summed E-state index contributed by atoms with van der Waals surface area (Å²) in [6.07, 6.45) is 7.11. The van der Waals surface area contributed by atoms with Gasteiger partial charge in [0.25, 0.3) is 5.91 Å². The highest BCUT2D eigenvalue weighted by Gasteiger charge is 2.42. The van der Waals surface area contributed by atoms with Crippen molar-refractivity contribution in [3.8, 4) is 0 Å². The fraction of sp³-hybridized carbons (Fsp3) is 0.355. The highest BCUT2D eigenvalue weighted by Crippen LogP contribution is 2.34. The maximum absolute atomic E-state index is 13.7. The van der Waals surface area contributed by atoms with Crippen LogP contribution in [0.2, 0.25) is 0 Å². The Hall–Kier alpha value is -3.44. The van der Waals surface area contributed by atoms with Crippen LogP contribution in [0.25, 0.3) is 10.8 Å². The largest absolute Gasteiger partial charge is 0.344 e. The van der Waals surface area contributed by atoms with Crippen molar-refractivity contribution >= 4 is 16.7 Å². The summed E-state index contributed by atoms with van der Waals surface area (Å²) in [6.45, 7) is 8.98. The molecule has 5 nitrogen and oxygen atoms in total. The minimum atomic E-state index is 0.150. The number of imidazole rings is 1. The minimum absolute atomic E-state index is 0.150. The number of carbonyl (C=O) groups excluding carboxylic acids is 1. The number of amides is 1. The summed E-state index contributed by atoms with van der Waals surface area (Å²) < 4.78 is 0.989. The van der Waals surface area contributed by atoms with Crippen LogP contribution in [0, 0.1) is 6.92 Å². The number of nitrogens with zero attached hydrogens (tertiary/aromatic N) is 3. The molecule has 0 spiro atoms. The SMILES string of the molecule is CCCC[N+]1([C@@H](Cc2cccc(C)c2)c2cnc[nH]2)CCN(C(=O)c2cccc3ccccc23)CC1. The number of piperazine rings is 1. The number of fused-ring (bicyclic) bond motifs is 1. The summed E-state index contributed by atoms with van der Waals surface area (Å²) in [5.74, 6) is 0.150. The first-order chi connectivity index (χ1) is 17.6. The van der Waals surface area contributed by atoms with E-state index in [0.29, 0.717) is 0 Å². The van der Waals surface area contributed by atoms with E-state index in [-0.39, 0.29) is 11.9 Å². The van der Waals surface area contributed by atoms with Gasteiger partial charge in [-0.1, -0.05) is 79.6 Å². The topological polar surface area (TPSA) is 49.0 Å². The second-order valence-corrected chi connectivity index (χ2v) is 10.3. The molecule has 0 saturated carbocycles. The third-order valence-corrected chi connectivity index (χ3v) is 7.95. The van der Waals surface area contributed by atoms with Crippen molar-refractivity contribution in [2.45, 2.75) is 39.2 Å². The second-order valence-electron chi connectivity index (χ2n) is 10.3. The van der Waals surface area contributed by atoms with Gasteiger partial charge in [-0.3, -0.25) is 4.79 Å². The Kier molecular flexibility index (Phi) is 7.19. The summed E-state index contributed by atoms with van der Waals surface area (Å²) in [6, 6.07) is 23.4. The van der Waals surface area contributed by atoms with E-state index < -0.39 is 0 Å². The third kappa shape index (κ3) is 4.93. The van der Waals surface area contributed by atoms with Crippen molar-refractivity contribution in [1.29, 1.82) is 0 Å². The van der Waals surface area contributed by atoms with Gasteiger partial charge in [0.05, 0.1) is 50.9 Å². The lowest BCUT2D eigenvalue weighted by atomic mass is 9.96. The molecule has 2 heterocycles. The highest BCUT2D eigenvalue weighted by atomic mass is 16.2. The van der Waals surface area contributed by atoms with E-state index in [0.717, 1.165) is 60.0 Å². The van der Waals surface area contributed by atoms with Gasteiger partial charge >= 0.3 is 0 Å². The summed E-state index contributed by atoms with van der Waals surface area (Å²) in [5, 5.41) is 2.16. The Morgan fingerprint density at radius 1 is 1.06 bits per heavy atom. The standard InChI is InChI=1S/C31H37N4O/c1-3-4-17-35(30(29-22-32-23-33-29)21-25-10-7-9-24(2)20-25)18-15-34(16-19-35)31(36)28-14-8-12-26-11-5-6-13-27(26)28/h5-14,20,22-23,30H,3-4,15-19,21H2,1-2H3,(H,32,33)/q+1/t30-/m0/s1. The van der Waals surface area contributed by atoms with Crippen LogP contribution in [0.5, 0.6) is 0 Å². The van der Waals surface area contributed by atoms with Crippen LogP contribution in [-0.2, 0) is 6.42 Å². The fourth-order valence-corrected chi connectivity index (χ4v) is 5.92. The van der Waals surface area contributed by atoms with Crippen LogP contribution in [0.15, 0.2) is 79.3 Å². The maximum atomic E-state index is 13.7. The molecule has 1 aliphatic heterocycles. The molecule has 1 aliphatic rings. The molecule has 1 saturated heterocycles. The lowest BCUT2D eigenvalue weighted by Gasteiger charge is -2.49. The molecular formula is C31H37N4O+. The smallest absolute Gasteiger partial charge is 0.254 e. The normalized spacial score (nSPS) is 16.2. The molecule has 36 heavy (non-hydrogen) atoms. The molecule has 1 fully saturated rings. The lowest BCUT2D eigenvalue weighted by molar-refractivity contribution is -0.960. The van der Waals surface area contributed by atoms with Crippen molar-refractivity contribution in [3.05, 3.63) is 102 Å². The number of unbranched alkanes of at least 4 members (excludes halogenated alkanes) is 1. The van der Waals surface area contributed by atoms with Crippen molar-refractivity contribution in [1.82, 2.24) is 14.9 Å². The van der Waals surface area contributed by atoms with E-state index in [1.165, 1.54) is 29.7 Å². The first-order valence-corrected chi connectivity index (χ1v) is 13.3. The monoisotopic (exact) mass is 481 g/mol. The predicted octanol–water partition coefficient (Wildman–Crippen LogP) is 5.93. The van der Waals surface area contributed by atoms with Gasteiger partial charge in [0, 0.05) is 12.0 Å². The zero-order chi connectivity index (χ0) is 25.0. The van der Waals surface area contributed by atoms with E-state index >= 15 is 0 Å². The number of aryl methyl sites for hydroxylation is 1. The predicted molar refractivity (Wildman–Crippen MR) is 146 cm³/mol. The van der Waals surface area contributed by atoms with Gasteiger partial charge in [0.15, 0.2) is 0 Å². The van der Waals surface area contributed by atoms with Crippen molar-refractivity contribution < 1.29 is 9.28 Å². The summed E-state index contributed by atoms with van der Waals surface area (Å²) >= 11 is 0. The van der Waals surface area contributed by atoms with Crippen LogP contribution >= 0.6 is 0 Å². The number of rotatable bonds is 8. The quantitative estimate of drug-likeness (QED) is 0.317. The third-order valence-electron chi connectivity index (χ3n) is 7.95. The van der Waals surface area contributed by atoms with Gasteiger partial charge in [0.1, 0.15) is 6.04 Å². The molecule has 0 unspecified atom stereocenters. The van der Waals surface area contributed by atoms with Crippen molar-refractivity contribution in [2.24, 2.45) is 0 Å². The van der Waals surface area contributed by atoms with E-state index in [1.54, 1.807) is 6.33 Å².